The minimum atomic E-state index is 1.28. The summed E-state index contributed by atoms with van der Waals surface area (Å²) in [5, 5.41) is 0. The van der Waals surface area contributed by atoms with E-state index in [1.54, 1.807) is 0 Å². The molecule has 0 spiro atoms. The van der Waals surface area contributed by atoms with Crippen LogP contribution in [0.15, 0.2) is 0 Å². The lowest BCUT2D eigenvalue weighted by atomic mass is 10.3. The van der Waals surface area contributed by atoms with Gasteiger partial charge in [0.05, 0.1) is 26.2 Å². The Morgan fingerprint density at radius 1 is 0.818 bits per heavy atom. The van der Waals surface area contributed by atoms with Crippen LogP contribution in [0.5, 0.6) is 0 Å². The van der Waals surface area contributed by atoms with E-state index in [0.29, 0.717) is 0 Å². The van der Waals surface area contributed by atoms with E-state index in [2.05, 4.69) is 27.7 Å². The molecule has 0 aliphatic heterocycles. The van der Waals surface area contributed by atoms with E-state index in [-0.39, 0.29) is 0 Å². The van der Waals surface area contributed by atoms with Gasteiger partial charge in [-0.1, -0.05) is 0 Å². The van der Waals surface area contributed by atoms with E-state index in [9.17, 15) is 0 Å². The molecule has 0 rings (SSSR count). The van der Waals surface area contributed by atoms with Crippen molar-refractivity contribution in [1.29, 1.82) is 0 Å². The van der Waals surface area contributed by atoms with Gasteiger partial charge in [-0.05, 0) is 27.7 Å². The molecule has 0 amide bonds. The molecule has 68 valence electrons. The SMILES string of the molecule is C=O.CC[N+](CC)(CC)CC. The number of carbonyl (C=O) groups is 1. The second kappa shape index (κ2) is 7.73. The standard InChI is InChI=1S/C8H20N.CH2O/c1-5-9(6-2,7-3)8-4;1-2/h5-8H2,1-4H3;1H2/q+1;. The molecule has 2 heteroatoms. The molecule has 0 saturated heterocycles. The predicted octanol–water partition coefficient (Wildman–Crippen LogP) is 1.70. The number of rotatable bonds is 4. The van der Waals surface area contributed by atoms with Crippen molar-refractivity contribution in [3.8, 4) is 0 Å². The van der Waals surface area contributed by atoms with Gasteiger partial charge < -0.3 is 9.28 Å². The summed E-state index contributed by atoms with van der Waals surface area (Å²) < 4.78 is 1.28. The maximum absolute atomic E-state index is 8.00. The van der Waals surface area contributed by atoms with Crippen LogP contribution in [-0.2, 0) is 4.79 Å². The van der Waals surface area contributed by atoms with Crippen molar-refractivity contribution in [2.45, 2.75) is 27.7 Å². The summed E-state index contributed by atoms with van der Waals surface area (Å²) in [4.78, 5) is 8.00. The van der Waals surface area contributed by atoms with Crippen LogP contribution in [0.4, 0.5) is 0 Å². The highest BCUT2D eigenvalue weighted by molar-refractivity contribution is 5.10. The Hall–Kier alpha value is -0.370. The van der Waals surface area contributed by atoms with Gasteiger partial charge in [0.1, 0.15) is 6.79 Å². The lowest BCUT2D eigenvalue weighted by Gasteiger charge is -2.34. The molecule has 2 nitrogen and oxygen atoms in total. The Morgan fingerprint density at radius 3 is 1.00 bits per heavy atom. The third-order valence-electron chi connectivity index (χ3n) is 2.68. The lowest BCUT2D eigenvalue weighted by molar-refractivity contribution is -0.921. The Bertz CT molecular complexity index is 62.1. The molecule has 0 bridgehead atoms. The van der Waals surface area contributed by atoms with Gasteiger partial charge in [-0.15, -0.1) is 0 Å². The van der Waals surface area contributed by atoms with E-state index in [0.717, 1.165) is 0 Å². The Kier molecular flexibility index (Phi) is 9.31. The first-order valence-corrected chi connectivity index (χ1v) is 4.38. The minimum Gasteiger partial charge on any atom is -0.325 e. The molecule has 0 aromatic rings. The minimum absolute atomic E-state index is 1.28. The summed E-state index contributed by atoms with van der Waals surface area (Å²) in [5.41, 5.74) is 0. The van der Waals surface area contributed by atoms with Crippen molar-refractivity contribution < 1.29 is 9.28 Å². The molecule has 0 unspecified atom stereocenters. The van der Waals surface area contributed by atoms with Gasteiger partial charge >= 0.3 is 0 Å². The highest BCUT2D eigenvalue weighted by Gasteiger charge is 2.16. The summed E-state index contributed by atoms with van der Waals surface area (Å²) in [7, 11) is 0. The third kappa shape index (κ3) is 4.14. The molecular weight excluding hydrogens is 138 g/mol. The van der Waals surface area contributed by atoms with Gasteiger partial charge in [0.2, 0.25) is 0 Å². The Morgan fingerprint density at radius 2 is 1.00 bits per heavy atom. The second-order valence-corrected chi connectivity index (χ2v) is 2.61. The molecule has 0 atom stereocenters. The molecule has 0 fully saturated rings. The van der Waals surface area contributed by atoms with Crippen molar-refractivity contribution in [3.05, 3.63) is 0 Å². The van der Waals surface area contributed by atoms with Crippen LogP contribution in [0.1, 0.15) is 27.7 Å². The molecule has 0 radical (unpaired) electrons. The molecule has 0 saturated carbocycles. The molecule has 0 N–H and O–H groups in total. The fraction of sp³-hybridized carbons (Fsp3) is 0.889. The molecule has 0 aromatic heterocycles. The van der Waals surface area contributed by atoms with Crippen LogP contribution in [0, 0.1) is 0 Å². The fourth-order valence-electron chi connectivity index (χ4n) is 1.34. The summed E-state index contributed by atoms with van der Waals surface area (Å²) in [6.07, 6.45) is 0. The predicted molar refractivity (Wildman–Crippen MR) is 49.5 cm³/mol. The number of quaternary nitrogens is 1. The first-order chi connectivity index (χ1) is 5.24. The van der Waals surface area contributed by atoms with Crippen molar-refractivity contribution in [2.75, 3.05) is 26.2 Å². The van der Waals surface area contributed by atoms with Crippen molar-refractivity contribution in [1.82, 2.24) is 0 Å². The van der Waals surface area contributed by atoms with Gasteiger partial charge in [0.15, 0.2) is 0 Å². The first kappa shape index (κ1) is 13.2. The quantitative estimate of drug-likeness (QED) is 0.572. The summed E-state index contributed by atoms with van der Waals surface area (Å²) in [6, 6.07) is 0. The largest absolute Gasteiger partial charge is 0.325 e. The zero-order valence-electron chi connectivity index (χ0n) is 8.39. The monoisotopic (exact) mass is 160 g/mol. The third-order valence-corrected chi connectivity index (χ3v) is 2.68. The van der Waals surface area contributed by atoms with Gasteiger partial charge in [-0.25, -0.2) is 0 Å². The van der Waals surface area contributed by atoms with Crippen molar-refractivity contribution >= 4 is 6.79 Å². The van der Waals surface area contributed by atoms with E-state index >= 15 is 0 Å². The van der Waals surface area contributed by atoms with Gasteiger partial charge in [-0.3, -0.25) is 0 Å². The van der Waals surface area contributed by atoms with E-state index in [4.69, 9.17) is 4.79 Å². The topological polar surface area (TPSA) is 17.1 Å². The van der Waals surface area contributed by atoms with Crippen LogP contribution in [0.3, 0.4) is 0 Å². The van der Waals surface area contributed by atoms with Crippen LogP contribution in [0.25, 0.3) is 0 Å². The Balaban J connectivity index is 0. The van der Waals surface area contributed by atoms with Gasteiger partial charge in [0, 0.05) is 0 Å². The second-order valence-electron chi connectivity index (χ2n) is 2.61. The summed E-state index contributed by atoms with van der Waals surface area (Å²) in [5.74, 6) is 0. The summed E-state index contributed by atoms with van der Waals surface area (Å²) >= 11 is 0. The average molecular weight is 160 g/mol. The number of hydrogen-bond donors (Lipinski definition) is 0. The van der Waals surface area contributed by atoms with E-state index in [1.807, 2.05) is 6.79 Å². The van der Waals surface area contributed by atoms with E-state index in [1.165, 1.54) is 30.7 Å². The van der Waals surface area contributed by atoms with E-state index < -0.39 is 0 Å². The lowest BCUT2D eigenvalue weighted by Crippen LogP contribution is -2.47. The molecule has 0 aliphatic carbocycles. The van der Waals surface area contributed by atoms with Crippen molar-refractivity contribution in [2.24, 2.45) is 0 Å². The smallest absolute Gasteiger partial charge is 0.106 e. The van der Waals surface area contributed by atoms with Crippen LogP contribution < -0.4 is 0 Å². The number of hydrogen-bond acceptors (Lipinski definition) is 1. The molecule has 11 heavy (non-hydrogen) atoms. The summed E-state index contributed by atoms with van der Waals surface area (Å²) in [6.45, 7) is 16.2. The molecule has 0 aromatic carbocycles. The Labute approximate surface area is 70.8 Å². The van der Waals surface area contributed by atoms with Gasteiger partial charge in [0.25, 0.3) is 0 Å². The van der Waals surface area contributed by atoms with Gasteiger partial charge in [-0.2, -0.15) is 0 Å². The fourth-order valence-corrected chi connectivity index (χ4v) is 1.34. The van der Waals surface area contributed by atoms with Crippen molar-refractivity contribution in [3.63, 3.8) is 0 Å². The van der Waals surface area contributed by atoms with Crippen LogP contribution in [0.2, 0.25) is 0 Å². The highest BCUT2D eigenvalue weighted by Crippen LogP contribution is 2.03. The normalized spacial score (nSPS) is 10.2. The number of nitrogens with zero attached hydrogens (tertiary/aromatic N) is 1. The van der Waals surface area contributed by atoms with Crippen LogP contribution in [-0.4, -0.2) is 37.5 Å². The maximum atomic E-state index is 8.00. The maximum Gasteiger partial charge on any atom is 0.106 e. The number of carbonyl (C=O) groups excluding carboxylic acids is 1. The molecule has 0 aliphatic rings. The molecule has 0 heterocycles. The zero-order chi connectivity index (χ0) is 9.33. The molecular formula is C9H22NO+. The highest BCUT2D eigenvalue weighted by atomic mass is 16.1. The average Bonchev–Trinajstić information content (AvgIpc) is 2.13. The van der Waals surface area contributed by atoms with Crippen LogP contribution >= 0.6 is 0 Å². The first-order valence-electron chi connectivity index (χ1n) is 4.38. The zero-order valence-corrected chi connectivity index (χ0v) is 8.39.